The standard InChI is InChI=1S/C14H12O.2C2H6/c1-9-5-3-7-11-12-8-4-6-10(2)14(12)15-13(9)11;2*1-2/h3-8H,1-2H3;2*1-2H3. The van der Waals surface area contributed by atoms with Gasteiger partial charge in [-0.1, -0.05) is 64.1 Å². The first-order valence-electron chi connectivity index (χ1n) is 7.15. The van der Waals surface area contributed by atoms with Gasteiger partial charge in [0.15, 0.2) is 0 Å². The summed E-state index contributed by atoms with van der Waals surface area (Å²) in [5.41, 5.74) is 4.43. The van der Waals surface area contributed by atoms with Crippen molar-refractivity contribution in [3.05, 3.63) is 47.5 Å². The number of furan rings is 1. The minimum atomic E-state index is 1.02. The van der Waals surface area contributed by atoms with Gasteiger partial charge >= 0.3 is 0 Å². The molecule has 0 fully saturated rings. The Morgan fingerprint density at radius 1 is 0.632 bits per heavy atom. The second-order valence-electron chi connectivity index (χ2n) is 4.01. The Kier molecular flexibility index (Phi) is 5.62. The van der Waals surface area contributed by atoms with Crippen molar-refractivity contribution in [2.24, 2.45) is 0 Å². The predicted molar refractivity (Wildman–Crippen MR) is 85.9 cm³/mol. The Morgan fingerprint density at radius 2 is 1.00 bits per heavy atom. The molecule has 1 heteroatoms. The lowest BCUT2D eigenvalue weighted by molar-refractivity contribution is 0.662. The molecule has 2 aromatic carbocycles. The number of hydrogen-bond donors (Lipinski definition) is 0. The molecule has 0 amide bonds. The van der Waals surface area contributed by atoms with Crippen molar-refractivity contribution in [1.29, 1.82) is 0 Å². The van der Waals surface area contributed by atoms with Gasteiger partial charge in [0.05, 0.1) is 0 Å². The Bertz CT molecular complexity index is 591. The highest BCUT2D eigenvalue weighted by atomic mass is 16.3. The SMILES string of the molecule is CC.CC.Cc1cccc2c1oc1c(C)cccc12. The topological polar surface area (TPSA) is 13.1 Å². The molecule has 0 unspecified atom stereocenters. The number of para-hydroxylation sites is 2. The average molecular weight is 256 g/mol. The highest BCUT2D eigenvalue weighted by Gasteiger charge is 2.09. The first-order valence-corrected chi connectivity index (χ1v) is 7.15. The number of benzene rings is 2. The van der Waals surface area contributed by atoms with Crippen LogP contribution in [0.1, 0.15) is 38.8 Å². The fraction of sp³-hybridized carbons (Fsp3) is 0.333. The Labute approximate surface area is 116 Å². The molecule has 3 rings (SSSR count). The van der Waals surface area contributed by atoms with Crippen molar-refractivity contribution in [2.75, 3.05) is 0 Å². The molecule has 0 aliphatic carbocycles. The van der Waals surface area contributed by atoms with Crippen molar-refractivity contribution < 1.29 is 4.42 Å². The largest absolute Gasteiger partial charge is 0.456 e. The van der Waals surface area contributed by atoms with Gasteiger partial charge in [0.1, 0.15) is 11.2 Å². The molecule has 0 atom stereocenters. The minimum absolute atomic E-state index is 1.02. The van der Waals surface area contributed by atoms with Crippen LogP contribution in [0.15, 0.2) is 40.8 Å². The van der Waals surface area contributed by atoms with Crippen LogP contribution in [0.2, 0.25) is 0 Å². The van der Waals surface area contributed by atoms with Gasteiger partial charge < -0.3 is 4.42 Å². The highest BCUT2D eigenvalue weighted by molar-refractivity contribution is 6.06. The summed E-state index contributed by atoms with van der Waals surface area (Å²) in [4.78, 5) is 0. The molecule has 0 bridgehead atoms. The van der Waals surface area contributed by atoms with Gasteiger partial charge in [-0.05, 0) is 25.0 Å². The van der Waals surface area contributed by atoms with Crippen molar-refractivity contribution >= 4 is 21.9 Å². The van der Waals surface area contributed by atoms with Gasteiger partial charge in [-0.15, -0.1) is 0 Å². The zero-order valence-electron chi connectivity index (χ0n) is 12.9. The molecule has 0 N–H and O–H groups in total. The third-order valence-corrected chi connectivity index (χ3v) is 2.92. The third-order valence-electron chi connectivity index (χ3n) is 2.92. The zero-order valence-corrected chi connectivity index (χ0v) is 12.9. The lowest BCUT2D eigenvalue weighted by Crippen LogP contribution is -1.71. The van der Waals surface area contributed by atoms with Crippen LogP contribution in [-0.2, 0) is 0 Å². The predicted octanol–water partition coefficient (Wildman–Crippen LogP) is 6.26. The van der Waals surface area contributed by atoms with Crippen molar-refractivity contribution in [3.8, 4) is 0 Å². The van der Waals surface area contributed by atoms with E-state index in [2.05, 4.69) is 50.2 Å². The normalized spacial score (nSPS) is 9.58. The van der Waals surface area contributed by atoms with Gasteiger partial charge in [0.2, 0.25) is 0 Å². The van der Waals surface area contributed by atoms with Crippen LogP contribution in [0, 0.1) is 13.8 Å². The van der Waals surface area contributed by atoms with Crippen molar-refractivity contribution in [2.45, 2.75) is 41.5 Å². The van der Waals surface area contributed by atoms with Gasteiger partial charge in [-0.25, -0.2) is 0 Å². The summed E-state index contributed by atoms with van der Waals surface area (Å²) in [5.74, 6) is 0. The second kappa shape index (κ2) is 6.98. The summed E-state index contributed by atoms with van der Waals surface area (Å²) in [7, 11) is 0. The Hall–Kier alpha value is -1.76. The van der Waals surface area contributed by atoms with Gasteiger partial charge in [0, 0.05) is 10.8 Å². The molecular formula is C18H24O. The van der Waals surface area contributed by atoms with Crippen LogP contribution in [-0.4, -0.2) is 0 Å². The Morgan fingerprint density at radius 3 is 1.37 bits per heavy atom. The monoisotopic (exact) mass is 256 g/mol. The van der Waals surface area contributed by atoms with E-state index in [0.29, 0.717) is 0 Å². The van der Waals surface area contributed by atoms with E-state index >= 15 is 0 Å². The van der Waals surface area contributed by atoms with Crippen LogP contribution in [0.3, 0.4) is 0 Å². The fourth-order valence-electron chi connectivity index (χ4n) is 2.10. The molecule has 0 aliphatic heterocycles. The first kappa shape index (κ1) is 15.3. The van der Waals surface area contributed by atoms with E-state index in [9.17, 15) is 0 Å². The quantitative estimate of drug-likeness (QED) is 0.463. The van der Waals surface area contributed by atoms with Crippen LogP contribution in [0.5, 0.6) is 0 Å². The zero-order chi connectivity index (χ0) is 14.4. The minimum Gasteiger partial charge on any atom is -0.456 e. The van der Waals surface area contributed by atoms with E-state index in [1.807, 2.05) is 27.7 Å². The summed E-state index contributed by atoms with van der Waals surface area (Å²) in [6.45, 7) is 12.2. The molecule has 3 aromatic rings. The maximum atomic E-state index is 5.91. The third kappa shape index (κ3) is 2.81. The molecule has 1 heterocycles. The molecule has 0 radical (unpaired) electrons. The molecule has 1 nitrogen and oxygen atoms in total. The maximum absolute atomic E-state index is 5.91. The fourth-order valence-corrected chi connectivity index (χ4v) is 2.10. The van der Waals surface area contributed by atoms with E-state index in [-0.39, 0.29) is 0 Å². The lowest BCUT2D eigenvalue weighted by atomic mass is 10.1. The molecule has 0 saturated heterocycles. The Balaban J connectivity index is 0.000000415. The summed E-state index contributed by atoms with van der Waals surface area (Å²) >= 11 is 0. The number of rotatable bonds is 0. The number of hydrogen-bond acceptors (Lipinski definition) is 1. The number of aryl methyl sites for hydroxylation is 2. The van der Waals surface area contributed by atoms with Crippen molar-refractivity contribution in [1.82, 2.24) is 0 Å². The van der Waals surface area contributed by atoms with Gasteiger partial charge in [-0.2, -0.15) is 0 Å². The summed E-state index contributed by atoms with van der Waals surface area (Å²) < 4.78 is 5.91. The lowest BCUT2D eigenvalue weighted by Gasteiger charge is -1.91. The summed E-state index contributed by atoms with van der Waals surface area (Å²) in [6.07, 6.45) is 0. The molecule has 102 valence electrons. The van der Waals surface area contributed by atoms with E-state index in [4.69, 9.17) is 4.42 Å². The highest BCUT2D eigenvalue weighted by Crippen LogP contribution is 2.31. The van der Waals surface area contributed by atoms with Crippen molar-refractivity contribution in [3.63, 3.8) is 0 Å². The van der Waals surface area contributed by atoms with E-state index in [1.165, 1.54) is 21.9 Å². The molecule has 19 heavy (non-hydrogen) atoms. The molecule has 0 spiro atoms. The molecule has 0 saturated carbocycles. The van der Waals surface area contributed by atoms with Crippen LogP contribution >= 0.6 is 0 Å². The second-order valence-corrected chi connectivity index (χ2v) is 4.01. The summed E-state index contributed by atoms with van der Waals surface area (Å²) in [6, 6.07) is 12.6. The molecular weight excluding hydrogens is 232 g/mol. The smallest absolute Gasteiger partial charge is 0.138 e. The summed E-state index contributed by atoms with van der Waals surface area (Å²) in [5, 5.41) is 2.43. The maximum Gasteiger partial charge on any atom is 0.138 e. The van der Waals surface area contributed by atoms with Crippen LogP contribution in [0.25, 0.3) is 21.9 Å². The van der Waals surface area contributed by atoms with Crippen LogP contribution < -0.4 is 0 Å². The first-order chi connectivity index (χ1) is 9.27. The van der Waals surface area contributed by atoms with E-state index in [0.717, 1.165) is 11.2 Å². The molecule has 1 aromatic heterocycles. The van der Waals surface area contributed by atoms with Crippen LogP contribution in [0.4, 0.5) is 0 Å². The average Bonchev–Trinajstić information content (AvgIpc) is 2.85. The van der Waals surface area contributed by atoms with E-state index < -0.39 is 0 Å². The number of fused-ring (bicyclic) bond motifs is 3. The van der Waals surface area contributed by atoms with Gasteiger partial charge in [-0.3, -0.25) is 0 Å². The van der Waals surface area contributed by atoms with E-state index in [1.54, 1.807) is 0 Å². The molecule has 0 aliphatic rings. The van der Waals surface area contributed by atoms with Gasteiger partial charge in [0.25, 0.3) is 0 Å².